The minimum absolute atomic E-state index is 0.217. The third-order valence-corrected chi connectivity index (χ3v) is 5.10. The number of aliphatic hydroxyl groups excluding tert-OH is 1. The molecule has 0 saturated heterocycles. The zero-order chi connectivity index (χ0) is 23.8. The molecule has 3 rings (SSSR count). The summed E-state index contributed by atoms with van der Waals surface area (Å²) in [4.78, 5) is 39.6. The van der Waals surface area contributed by atoms with Crippen LogP contribution in [0.15, 0.2) is 73.1 Å². The van der Waals surface area contributed by atoms with Gasteiger partial charge in [0.25, 0.3) is 0 Å². The predicted molar refractivity (Wildman–Crippen MR) is 124 cm³/mol. The van der Waals surface area contributed by atoms with E-state index in [1.807, 2.05) is 42.5 Å². The number of carboxylic acid groups (broad SMARTS) is 1. The van der Waals surface area contributed by atoms with Gasteiger partial charge >= 0.3 is 17.8 Å². The van der Waals surface area contributed by atoms with E-state index in [0.29, 0.717) is 10.7 Å². The van der Waals surface area contributed by atoms with E-state index in [4.69, 9.17) is 16.7 Å². The molecule has 3 aromatic rings. The van der Waals surface area contributed by atoms with Gasteiger partial charge in [0.2, 0.25) is 0 Å². The van der Waals surface area contributed by atoms with E-state index in [-0.39, 0.29) is 12.8 Å². The molecule has 0 radical (unpaired) electrons. The van der Waals surface area contributed by atoms with E-state index in [0.717, 1.165) is 16.7 Å². The molecule has 9 heteroatoms. The van der Waals surface area contributed by atoms with E-state index in [9.17, 15) is 19.5 Å². The molecule has 0 saturated carbocycles. The van der Waals surface area contributed by atoms with Gasteiger partial charge in [-0.25, -0.2) is 4.79 Å². The molecular formula is C24H22ClN3O5. The van der Waals surface area contributed by atoms with E-state index < -0.39 is 29.9 Å². The standard InChI is InChI=1S/C24H22ClN3O5/c25-18-3-1-2-17(13-18)16-6-4-15(5-7-16)12-20(14-21(29)24(32)33)28-23(31)22(30)27-19-8-10-26-11-9-19/h1-11,13,20-21,29H,12,14H2,(H,28,31)(H,32,33)(H,26,27,30)/t20-,21-/m1/s1. The number of amides is 2. The molecule has 0 aliphatic rings. The number of carbonyl (C=O) groups is 3. The number of halogens is 1. The van der Waals surface area contributed by atoms with E-state index in [1.54, 1.807) is 6.07 Å². The Morgan fingerprint density at radius 1 is 0.939 bits per heavy atom. The van der Waals surface area contributed by atoms with Crippen LogP contribution in [0.3, 0.4) is 0 Å². The Labute approximate surface area is 195 Å². The number of nitrogens with zero attached hydrogens (tertiary/aromatic N) is 1. The summed E-state index contributed by atoms with van der Waals surface area (Å²) in [7, 11) is 0. The van der Waals surface area contributed by atoms with Crippen LogP contribution in [0.1, 0.15) is 12.0 Å². The van der Waals surface area contributed by atoms with E-state index in [2.05, 4.69) is 15.6 Å². The maximum absolute atomic E-state index is 12.4. The van der Waals surface area contributed by atoms with Crippen molar-refractivity contribution in [3.05, 3.63) is 83.6 Å². The molecule has 0 unspecified atom stereocenters. The Balaban J connectivity index is 1.70. The zero-order valence-corrected chi connectivity index (χ0v) is 18.2. The molecule has 0 aliphatic heterocycles. The molecule has 4 N–H and O–H groups in total. The van der Waals surface area contributed by atoms with Gasteiger partial charge in [0.1, 0.15) is 0 Å². The average molecular weight is 468 g/mol. The van der Waals surface area contributed by atoms with Gasteiger partial charge in [0.05, 0.1) is 0 Å². The number of pyridine rings is 1. The molecule has 8 nitrogen and oxygen atoms in total. The first kappa shape index (κ1) is 23.9. The Morgan fingerprint density at radius 2 is 1.64 bits per heavy atom. The molecule has 170 valence electrons. The molecule has 2 amide bonds. The number of hydrogen-bond donors (Lipinski definition) is 4. The van der Waals surface area contributed by atoms with Crippen LogP contribution >= 0.6 is 11.6 Å². The van der Waals surface area contributed by atoms with Gasteiger partial charge < -0.3 is 20.8 Å². The highest BCUT2D eigenvalue weighted by Gasteiger charge is 2.24. The number of benzene rings is 2. The lowest BCUT2D eigenvalue weighted by molar-refractivity contribution is -0.147. The van der Waals surface area contributed by atoms with Gasteiger partial charge in [-0.05, 0) is 47.4 Å². The van der Waals surface area contributed by atoms with Gasteiger partial charge in [0.15, 0.2) is 6.10 Å². The van der Waals surface area contributed by atoms with Crippen molar-refractivity contribution in [3.63, 3.8) is 0 Å². The van der Waals surface area contributed by atoms with Crippen LogP contribution in [0.2, 0.25) is 5.02 Å². The van der Waals surface area contributed by atoms with Crippen LogP contribution in [0.4, 0.5) is 5.69 Å². The third kappa shape index (κ3) is 7.13. The monoisotopic (exact) mass is 467 g/mol. The Kier molecular flexibility index (Phi) is 8.12. The van der Waals surface area contributed by atoms with Crippen LogP contribution < -0.4 is 10.6 Å². The summed E-state index contributed by atoms with van der Waals surface area (Å²) in [6.45, 7) is 0. The van der Waals surface area contributed by atoms with Gasteiger partial charge in [0, 0.05) is 35.6 Å². The van der Waals surface area contributed by atoms with Crippen LogP contribution in [-0.4, -0.2) is 45.1 Å². The van der Waals surface area contributed by atoms with Crippen LogP contribution in [0.25, 0.3) is 11.1 Å². The highest BCUT2D eigenvalue weighted by Crippen LogP contribution is 2.23. The van der Waals surface area contributed by atoms with Gasteiger partial charge in [-0.1, -0.05) is 48.0 Å². The van der Waals surface area contributed by atoms with Crippen LogP contribution in [-0.2, 0) is 20.8 Å². The molecular weight excluding hydrogens is 446 g/mol. The van der Waals surface area contributed by atoms with Crippen molar-refractivity contribution in [1.29, 1.82) is 0 Å². The molecule has 2 aromatic carbocycles. The SMILES string of the molecule is O=C(Nc1ccncc1)C(=O)N[C@H](Cc1ccc(-c2cccc(Cl)c2)cc1)C[C@@H](O)C(=O)O. The number of aromatic nitrogens is 1. The second-order valence-corrected chi connectivity index (χ2v) is 7.80. The maximum atomic E-state index is 12.4. The number of carbonyl (C=O) groups excluding carboxylic acids is 2. The van der Waals surface area contributed by atoms with Crippen LogP contribution in [0, 0.1) is 0 Å². The number of aliphatic carboxylic acids is 1. The van der Waals surface area contributed by atoms with Crippen molar-refractivity contribution in [3.8, 4) is 11.1 Å². The number of hydrogen-bond acceptors (Lipinski definition) is 5. The number of nitrogens with one attached hydrogen (secondary N) is 2. The Bertz CT molecular complexity index is 1120. The topological polar surface area (TPSA) is 129 Å². The molecule has 2 atom stereocenters. The summed E-state index contributed by atoms with van der Waals surface area (Å²) < 4.78 is 0. The quantitative estimate of drug-likeness (QED) is 0.377. The van der Waals surface area contributed by atoms with Gasteiger partial charge in [-0.2, -0.15) is 0 Å². The fourth-order valence-electron chi connectivity index (χ4n) is 3.22. The Morgan fingerprint density at radius 3 is 2.27 bits per heavy atom. The minimum atomic E-state index is -1.69. The lowest BCUT2D eigenvalue weighted by atomic mass is 9.98. The largest absolute Gasteiger partial charge is 0.479 e. The number of carboxylic acids is 1. The van der Waals surface area contributed by atoms with E-state index in [1.165, 1.54) is 24.5 Å². The van der Waals surface area contributed by atoms with Crippen molar-refractivity contribution >= 4 is 35.1 Å². The summed E-state index contributed by atoms with van der Waals surface area (Å²) in [5.41, 5.74) is 3.05. The molecule has 1 heterocycles. The lowest BCUT2D eigenvalue weighted by Crippen LogP contribution is -2.45. The zero-order valence-electron chi connectivity index (χ0n) is 17.4. The molecule has 0 bridgehead atoms. The molecule has 0 spiro atoms. The van der Waals surface area contributed by atoms with Crippen molar-refractivity contribution < 1.29 is 24.6 Å². The van der Waals surface area contributed by atoms with Crippen molar-refractivity contribution in [1.82, 2.24) is 10.3 Å². The molecule has 0 aliphatic carbocycles. The number of rotatable bonds is 8. The average Bonchev–Trinajstić information content (AvgIpc) is 2.80. The first-order valence-corrected chi connectivity index (χ1v) is 10.5. The summed E-state index contributed by atoms with van der Waals surface area (Å²) in [6.07, 6.45) is 1.19. The molecule has 33 heavy (non-hydrogen) atoms. The normalized spacial score (nSPS) is 12.4. The van der Waals surface area contributed by atoms with Crippen LogP contribution in [0.5, 0.6) is 0 Å². The summed E-state index contributed by atoms with van der Waals surface area (Å²) in [5, 5.41) is 24.4. The highest BCUT2D eigenvalue weighted by atomic mass is 35.5. The van der Waals surface area contributed by atoms with Gasteiger partial charge in [-0.15, -0.1) is 0 Å². The smallest absolute Gasteiger partial charge is 0.332 e. The number of aliphatic hydroxyl groups is 1. The van der Waals surface area contributed by atoms with Crippen molar-refractivity contribution in [2.45, 2.75) is 25.0 Å². The number of anilines is 1. The van der Waals surface area contributed by atoms with E-state index >= 15 is 0 Å². The molecule has 0 fully saturated rings. The predicted octanol–water partition coefficient (Wildman–Crippen LogP) is 2.90. The third-order valence-electron chi connectivity index (χ3n) is 4.87. The maximum Gasteiger partial charge on any atom is 0.332 e. The van der Waals surface area contributed by atoms with Gasteiger partial charge in [-0.3, -0.25) is 14.6 Å². The fraction of sp³-hybridized carbons (Fsp3) is 0.167. The molecule has 1 aromatic heterocycles. The second kappa shape index (κ2) is 11.2. The first-order chi connectivity index (χ1) is 15.8. The van der Waals surface area contributed by atoms with Crippen molar-refractivity contribution in [2.24, 2.45) is 0 Å². The summed E-state index contributed by atoms with van der Waals surface area (Å²) >= 11 is 6.05. The lowest BCUT2D eigenvalue weighted by Gasteiger charge is -2.20. The summed E-state index contributed by atoms with van der Waals surface area (Å²) in [5.74, 6) is -3.26. The first-order valence-electron chi connectivity index (χ1n) is 10.1. The fourth-order valence-corrected chi connectivity index (χ4v) is 3.41. The Hall–Kier alpha value is -3.75. The van der Waals surface area contributed by atoms with Crippen molar-refractivity contribution in [2.75, 3.05) is 5.32 Å². The second-order valence-electron chi connectivity index (χ2n) is 7.36. The minimum Gasteiger partial charge on any atom is -0.479 e. The summed E-state index contributed by atoms with van der Waals surface area (Å²) in [6, 6.07) is 17.1. The highest BCUT2D eigenvalue weighted by molar-refractivity contribution is 6.39.